The van der Waals surface area contributed by atoms with E-state index in [1.807, 2.05) is 11.8 Å². The van der Waals surface area contributed by atoms with E-state index in [1.165, 1.54) is 18.2 Å². The van der Waals surface area contributed by atoms with Gasteiger partial charge in [-0.05, 0) is 36.8 Å². The predicted molar refractivity (Wildman–Crippen MR) is 76.1 cm³/mol. The Balaban J connectivity index is 1.83. The molecule has 2 aromatic rings. The second-order valence-corrected chi connectivity index (χ2v) is 5.21. The number of ether oxygens (including phenoxy) is 1. The van der Waals surface area contributed by atoms with Crippen molar-refractivity contribution in [2.24, 2.45) is 0 Å². The Hall–Kier alpha value is -2.01. The Labute approximate surface area is 122 Å². The van der Waals surface area contributed by atoms with Gasteiger partial charge in [-0.2, -0.15) is 4.39 Å². The van der Waals surface area contributed by atoms with Gasteiger partial charge in [0, 0.05) is 13.1 Å². The molecule has 110 valence electrons. The third kappa shape index (κ3) is 3.19. The Bertz CT molecular complexity index is 618. The average Bonchev–Trinajstić information content (AvgIpc) is 2.47. The lowest BCUT2D eigenvalue weighted by Gasteiger charge is -2.37. The average molecular weight is 290 g/mol. The van der Waals surface area contributed by atoms with E-state index in [1.54, 1.807) is 24.3 Å². The van der Waals surface area contributed by atoms with E-state index < -0.39 is 5.95 Å². The first-order valence-electron chi connectivity index (χ1n) is 6.90. The molecule has 2 unspecified atom stereocenters. The summed E-state index contributed by atoms with van der Waals surface area (Å²) >= 11 is 0. The first kappa shape index (κ1) is 13.9. The molecule has 21 heavy (non-hydrogen) atoms. The van der Waals surface area contributed by atoms with Crippen LogP contribution in [0.3, 0.4) is 0 Å². The van der Waals surface area contributed by atoms with Crippen molar-refractivity contribution in [2.45, 2.75) is 19.1 Å². The van der Waals surface area contributed by atoms with Crippen LogP contribution in [0, 0.1) is 11.8 Å². The number of rotatable bonds is 2. The van der Waals surface area contributed by atoms with E-state index in [0.717, 1.165) is 5.56 Å². The van der Waals surface area contributed by atoms with Gasteiger partial charge in [0.2, 0.25) is 5.95 Å². The number of hydrogen-bond acceptors (Lipinski definition) is 3. The minimum absolute atomic E-state index is 0.0149. The molecule has 1 saturated heterocycles. The van der Waals surface area contributed by atoms with Crippen molar-refractivity contribution >= 4 is 5.82 Å². The number of halogens is 2. The van der Waals surface area contributed by atoms with Gasteiger partial charge in [-0.3, -0.25) is 0 Å². The molecule has 1 aliphatic heterocycles. The highest BCUT2D eigenvalue weighted by atomic mass is 19.1. The summed E-state index contributed by atoms with van der Waals surface area (Å²) in [7, 11) is 0. The second-order valence-electron chi connectivity index (χ2n) is 5.21. The number of aromatic nitrogens is 1. The maximum atomic E-state index is 13.3. The van der Waals surface area contributed by atoms with Crippen LogP contribution in [0.1, 0.15) is 18.6 Å². The maximum absolute atomic E-state index is 13.3. The molecule has 3 rings (SSSR count). The number of morpholine rings is 1. The van der Waals surface area contributed by atoms with Gasteiger partial charge in [-0.25, -0.2) is 9.37 Å². The summed E-state index contributed by atoms with van der Waals surface area (Å²) in [4.78, 5) is 5.91. The maximum Gasteiger partial charge on any atom is 0.214 e. The van der Waals surface area contributed by atoms with Crippen LogP contribution >= 0.6 is 0 Å². The summed E-state index contributed by atoms with van der Waals surface area (Å²) in [6.45, 7) is 3.17. The van der Waals surface area contributed by atoms with Crippen molar-refractivity contribution < 1.29 is 13.5 Å². The predicted octanol–water partition coefficient (Wildman–Crippen LogP) is 3.33. The lowest BCUT2D eigenvalue weighted by Crippen LogP contribution is -2.43. The fraction of sp³-hybridized carbons (Fsp3) is 0.312. The van der Waals surface area contributed by atoms with E-state index >= 15 is 0 Å². The van der Waals surface area contributed by atoms with Crippen LogP contribution in [0.15, 0.2) is 42.5 Å². The Morgan fingerprint density at radius 1 is 1.10 bits per heavy atom. The highest BCUT2D eigenvalue weighted by molar-refractivity contribution is 5.39. The molecule has 0 saturated carbocycles. The second kappa shape index (κ2) is 5.77. The normalized spacial score (nSPS) is 22.3. The fourth-order valence-electron chi connectivity index (χ4n) is 2.57. The third-order valence-corrected chi connectivity index (χ3v) is 3.53. The Morgan fingerprint density at radius 2 is 1.86 bits per heavy atom. The monoisotopic (exact) mass is 290 g/mol. The molecular formula is C16H16F2N2O. The summed E-state index contributed by atoms with van der Waals surface area (Å²) < 4.78 is 32.2. The number of hydrogen-bond donors (Lipinski definition) is 0. The molecule has 0 aliphatic carbocycles. The Morgan fingerprint density at radius 3 is 2.57 bits per heavy atom. The summed E-state index contributed by atoms with van der Waals surface area (Å²) in [5.74, 6) is -0.173. The van der Waals surface area contributed by atoms with E-state index in [2.05, 4.69) is 4.98 Å². The molecule has 1 aromatic carbocycles. The van der Waals surface area contributed by atoms with Gasteiger partial charge in [0.25, 0.3) is 0 Å². The molecule has 0 spiro atoms. The topological polar surface area (TPSA) is 25.4 Å². The standard InChI is InChI=1S/C16H16F2N2O/c1-11-9-20(16-4-2-3-15(18)19-16)10-14(21-11)12-5-7-13(17)8-6-12/h2-8,11,14H,9-10H2,1H3. The van der Waals surface area contributed by atoms with Crippen molar-refractivity contribution in [3.8, 4) is 0 Å². The first-order chi connectivity index (χ1) is 10.1. The SMILES string of the molecule is CC1CN(c2cccc(F)n2)CC(c2ccc(F)cc2)O1. The number of benzene rings is 1. The van der Waals surface area contributed by atoms with E-state index in [4.69, 9.17) is 4.74 Å². The van der Waals surface area contributed by atoms with Crippen LogP contribution in [0.4, 0.5) is 14.6 Å². The Kier molecular flexibility index (Phi) is 3.84. The lowest BCUT2D eigenvalue weighted by molar-refractivity contribution is -0.0176. The highest BCUT2D eigenvalue weighted by Crippen LogP contribution is 2.28. The van der Waals surface area contributed by atoms with Gasteiger partial charge in [0.05, 0.1) is 6.10 Å². The highest BCUT2D eigenvalue weighted by Gasteiger charge is 2.27. The van der Waals surface area contributed by atoms with Crippen LogP contribution < -0.4 is 4.90 Å². The van der Waals surface area contributed by atoms with Crippen molar-refractivity contribution in [1.82, 2.24) is 4.98 Å². The van der Waals surface area contributed by atoms with Gasteiger partial charge >= 0.3 is 0 Å². The largest absolute Gasteiger partial charge is 0.367 e. The molecule has 2 heterocycles. The third-order valence-electron chi connectivity index (χ3n) is 3.53. The zero-order valence-corrected chi connectivity index (χ0v) is 11.7. The van der Waals surface area contributed by atoms with Crippen molar-refractivity contribution in [3.05, 3.63) is 59.8 Å². The summed E-state index contributed by atoms with van der Waals surface area (Å²) in [6.07, 6.45) is -0.196. The van der Waals surface area contributed by atoms with E-state index in [-0.39, 0.29) is 18.0 Å². The molecule has 0 amide bonds. The molecule has 1 aliphatic rings. The van der Waals surface area contributed by atoms with Gasteiger partial charge in [0.15, 0.2) is 0 Å². The van der Waals surface area contributed by atoms with Crippen molar-refractivity contribution in [3.63, 3.8) is 0 Å². The van der Waals surface area contributed by atoms with Crippen LogP contribution in [0.5, 0.6) is 0 Å². The quantitative estimate of drug-likeness (QED) is 0.793. The van der Waals surface area contributed by atoms with Crippen LogP contribution in [-0.4, -0.2) is 24.2 Å². The summed E-state index contributed by atoms with van der Waals surface area (Å²) in [6, 6.07) is 11.0. The van der Waals surface area contributed by atoms with Gasteiger partial charge in [-0.1, -0.05) is 18.2 Å². The summed E-state index contributed by atoms with van der Waals surface area (Å²) in [5.41, 5.74) is 0.907. The summed E-state index contributed by atoms with van der Waals surface area (Å²) in [5, 5.41) is 0. The van der Waals surface area contributed by atoms with Gasteiger partial charge in [0.1, 0.15) is 17.7 Å². The van der Waals surface area contributed by atoms with Crippen molar-refractivity contribution in [1.29, 1.82) is 0 Å². The minimum Gasteiger partial charge on any atom is -0.367 e. The van der Waals surface area contributed by atoms with E-state index in [0.29, 0.717) is 18.9 Å². The number of pyridine rings is 1. The minimum atomic E-state index is -0.495. The smallest absolute Gasteiger partial charge is 0.214 e. The molecule has 5 heteroatoms. The van der Waals surface area contributed by atoms with Crippen molar-refractivity contribution in [2.75, 3.05) is 18.0 Å². The molecule has 1 fully saturated rings. The lowest BCUT2D eigenvalue weighted by atomic mass is 10.1. The fourth-order valence-corrected chi connectivity index (χ4v) is 2.57. The molecular weight excluding hydrogens is 274 g/mol. The van der Waals surface area contributed by atoms with E-state index in [9.17, 15) is 8.78 Å². The number of nitrogens with zero attached hydrogens (tertiary/aromatic N) is 2. The zero-order valence-electron chi connectivity index (χ0n) is 11.7. The molecule has 0 N–H and O–H groups in total. The molecule has 0 radical (unpaired) electrons. The van der Waals surface area contributed by atoms with Crippen LogP contribution in [0.2, 0.25) is 0 Å². The van der Waals surface area contributed by atoms with Crippen LogP contribution in [0.25, 0.3) is 0 Å². The van der Waals surface area contributed by atoms with Gasteiger partial charge < -0.3 is 9.64 Å². The number of anilines is 1. The zero-order chi connectivity index (χ0) is 14.8. The van der Waals surface area contributed by atoms with Crippen LogP contribution in [-0.2, 0) is 4.74 Å². The molecule has 3 nitrogen and oxygen atoms in total. The first-order valence-corrected chi connectivity index (χ1v) is 6.90. The molecule has 1 aromatic heterocycles. The molecule has 2 atom stereocenters. The molecule has 0 bridgehead atoms. The van der Waals surface area contributed by atoms with Gasteiger partial charge in [-0.15, -0.1) is 0 Å².